The number of hydrogen-bond donors (Lipinski definition) is 1. The summed E-state index contributed by atoms with van der Waals surface area (Å²) >= 11 is 0. The summed E-state index contributed by atoms with van der Waals surface area (Å²) in [5, 5.41) is 11.6. The second-order valence-corrected chi connectivity index (χ2v) is 9.87. The van der Waals surface area contributed by atoms with Crippen LogP contribution in [0.4, 0.5) is 0 Å². The summed E-state index contributed by atoms with van der Waals surface area (Å²) in [5.74, 6) is -0.376. The SMILES string of the molecule is Cc1nc2ccccn2c1C(O)=C1C(=O)C(=O)N(CCN(C)C)C1c1cccc(OCCC(C)C)c1. The van der Waals surface area contributed by atoms with Crippen molar-refractivity contribution < 1.29 is 19.4 Å². The Morgan fingerprint density at radius 2 is 1.94 bits per heavy atom. The van der Waals surface area contributed by atoms with Crippen LogP contribution in [-0.4, -0.2) is 69.8 Å². The van der Waals surface area contributed by atoms with E-state index in [1.165, 1.54) is 0 Å². The molecule has 0 radical (unpaired) electrons. The zero-order valence-corrected chi connectivity index (χ0v) is 21.6. The number of nitrogens with zero attached hydrogens (tertiary/aromatic N) is 4. The maximum absolute atomic E-state index is 13.4. The summed E-state index contributed by atoms with van der Waals surface area (Å²) in [6.45, 7) is 7.54. The highest BCUT2D eigenvalue weighted by molar-refractivity contribution is 6.46. The van der Waals surface area contributed by atoms with Crippen molar-refractivity contribution in [3.05, 3.63) is 71.2 Å². The van der Waals surface area contributed by atoms with E-state index < -0.39 is 17.7 Å². The fourth-order valence-corrected chi connectivity index (χ4v) is 4.48. The van der Waals surface area contributed by atoms with Crippen molar-refractivity contribution in [1.82, 2.24) is 19.2 Å². The van der Waals surface area contributed by atoms with Gasteiger partial charge >= 0.3 is 0 Å². The van der Waals surface area contributed by atoms with Crippen molar-refractivity contribution in [1.29, 1.82) is 0 Å². The third-order valence-electron chi connectivity index (χ3n) is 6.39. The van der Waals surface area contributed by atoms with Crippen LogP contribution in [0.1, 0.15) is 43.3 Å². The zero-order chi connectivity index (χ0) is 26.0. The molecule has 0 spiro atoms. The molecule has 8 nitrogen and oxygen atoms in total. The summed E-state index contributed by atoms with van der Waals surface area (Å²) in [6.07, 6.45) is 2.70. The second kappa shape index (κ2) is 10.5. The largest absolute Gasteiger partial charge is 0.505 e. The Morgan fingerprint density at radius 1 is 1.17 bits per heavy atom. The average Bonchev–Trinajstić information content (AvgIpc) is 3.30. The van der Waals surface area contributed by atoms with E-state index in [1.807, 2.05) is 61.5 Å². The Labute approximate surface area is 211 Å². The van der Waals surface area contributed by atoms with E-state index in [4.69, 9.17) is 4.74 Å². The number of likely N-dealkylation sites (tertiary alicyclic amines) is 1. The molecule has 0 aliphatic carbocycles. The number of Topliss-reactive ketones (excluding diaryl/α,β-unsaturated/α-hetero) is 1. The fraction of sp³-hybridized carbons (Fsp3) is 0.393. The highest BCUT2D eigenvalue weighted by Gasteiger charge is 2.46. The zero-order valence-electron chi connectivity index (χ0n) is 21.6. The Bertz CT molecular complexity index is 1310. The van der Waals surface area contributed by atoms with E-state index in [0.29, 0.717) is 54.0 Å². The van der Waals surface area contributed by atoms with Crippen molar-refractivity contribution in [3.8, 4) is 5.75 Å². The smallest absolute Gasteiger partial charge is 0.295 e. The van der Waals surface area contributed by atoms with Gasteiger partial charge in [-0.15, -0.1) is 0 Å². The first-order chi connectivity index (χ1) is 17.2. The lowest BCUT2D eigenvalue weighted by Crippen LogP contribution is -2.35. The molecule has 3 heterocycles. The molecule has 1 fully saturated rings. The van der Waals surface area contributed by atoms with Crippen LogP contribution in [0.25, 0.3) is 11.4 Å². The first-order valence-electron chi connectivity index (χ1n) is 12.3. The molecule has 1 aromatic carbocycles. The maximum atomic E-state index is 13.4. The van der Waals surface area contributed by atoms with Gasteiger partial charge in [-0.25, -0.2) is 4.98 Å². The molecule has 8 heteroatoms. The molecule has 0 saturated carbocycles. The van der Waals surface area contributed by atoms with Gasteiger partial charge in [-0.1, -0.05) is 32.0 Å². The van der Waals surface area contributed by atoms with E-state index in [0.717, 1.165) is 6.42 Å². The van der Waals surface area contributed by atoms with Crippen molar-refractivity contribution in [3.63, 3.8) is 0 Å². The first kappa shape index (κ1) is 25.4. The molecule has 4 rings (SSSR count). The van der Waals surface area contributed by atoms with Crippen LogP contribution < -0.4 is 4.74 Å². The maximum Gasteiger partial charge on any atom is 0.295 e. The van der Waals surface area contributed by atoms with Crippen molar-refractivity contribution in [2.75, 3.05) is 33.8 Å². The number of hydrogen-bond acceptors (Lipinski definition) is 6. The predicted molar refractivity (Wildman–Crippen MR) is 139 cm³/mol. The quantitative estimate of drug-likeness (QED) is 0.277. The van der Waals surface area contributed by atoms with E-state index >= 15 is 0 Å². The van der Waals surface area contributed by atoms with Gasteiger partial charge in [0.15, 0.2) is 5.76 Å². The molecule has 1 saturated heterocycles. The number of aliphatic hydroxyl groups is 1. The summed E-state index contributed by atoms with van der Waals surface area (Å²) < 4.78 is 7.70. The monoisotopic (exact) mass is 490 g/mol. The Balaban J connectivity index is 1.83. The van der Waals surface area contributed by atoms with Gasteiger partial charge in [0.05, 0.1) is 23.9 Å². The lowest BCUT2D eigenvalue weighted by Gasteiger charge is -2.27. The van der Waals surface area contributed by atoms with Crippen molar-refractivity contribution in [2.24, 2.45) is 5.92 Å². The predicted octanol–water partition coefficient (Wildman–Crippen LogP) is 4.05. The van der Waals surface area contributed by atoms with Crippen LogP contribution in [0.3, 0.4) is 0 Å². The molecule has 1 atom stereocenters. The average molecular weight is 491 g/mol. The first-order valence-corrected chi connectivity index (χ1v) is 12.3. The third-order valence-corrected chi connectivity index (χ3v) is 6.39. The third kappa shape index (κ3) is 4.99. The van der Waals surface area contributed by atoms with Crippen LogP contribution in [0, 0.1) is 12.8 Å². The van der Waals surface area contributed by atoms with Crippen LogP contribution in [0.15, 0.2) is 54.2 Å². The number of likely N-dealkylation sites (N-methyl/N-ethyl adjacent to an activating group) is 1. The van der Waals surface area contributed by atoms with Gasteiger partial charge in [-0.05, 0) is 63.2 Å². The molecule has 36 heavy (non-hydrogen) atoms. The number of carbonyl (C=O) groups excluding carboxylic acids is 2. The topological polar surface area (TPSA) is 87.4 Å². The minimum Gasteiger partial charge on any atom is -0.505 e. The highest BCUT2D eigenvalue weighted by atomic mass is 16.5. The number of imidazole rings is 1. The van der Waals surface area contributed by atoms with Crippen molar-refractivity contribution >= 4 is 23.1 Å². The van der Waals surface area contributed by atoms with Gasteiger partial charge in [-0.3, -0.25) is 14.0 Å². The number of aliphatic hydroxyl groups excluding tert-OH is 1. The van der Waals surface area contributed by atoms with E-state index in [-0.39, 0.29) is 11.3 Å². The molecule has 1 unspecified atom stereocenters. The molecule has 1 aliphatic heterocycles. The number of fused-ring (bicyclic) bond motifs is 1. The summed E-state index contributed by atoms with van der Waals surface area (Å²) in [5.41, 5.74) is 2.40. The lowest BCUT2D eigenvalue weighted by molar-refractivity contribution is -0.140. The molecule has 1 amide bonds. The van der Waals surface area contributed by atoms with E-state index in [2.05, 4.69) is 18.8 Å². The van der Waals surface area contributed by atoms with Gasteiger partial charge in [0.1, 0.15) is 17.1 Å². The van der Waals surface area contributed by atoms with E-state index in [9.17, 15) is 14.7 Å². The minimum atomic E-state index is -0.743. The number of rotatable bonds is 9. The number of ketones is 1. The van der Waals surface area contributed by atoms with Gasteiger partial charge < -0.3 is 19.6 Å². The lowest BCUT2D eigenvalue weighted by atomic mass is 9.96. The summed E-state index contributed by atoms with van der Waals surface area (Å²) in [7, 11) is 3.83. The molecule has 0 bridgehead atoms. The Morgan fingerprint density at radius 3 is 2.67 bits per heavy atom. The van der Waals surface area contributed by atoms with Crippen LogP contribution >= 0.6 is 0 Å². The number of benzene rings is 1. The number of aryl methyl sites for hydroxylation is 1. The standard InChI is InChI=1S/C28H34N4O4/c1-18(2)12-16-36-21-10-8-9-20(17-21)25-23(27(34)28(35)32(25)15-14-30(4)5)26(33)24-19(3)29-22-11-6-7-13-31(22)24/h6-11,13,17-18,25,33H,12,14-16H2,1-5H3. The number of pyridine rings is 1. The molecule has 2 aromatic heterocycles. The van der Waals surface area contributed by atoms with Gasteiger partial charge in [0, 0.05) is 19.3 Å². The van der Waals surface area contributed by atoms with Gasteiger partial charge in [-0.2, -0.15) is 0 Å². The number of aromatic nitrogens is 2. The normalized spacial score (nSPS) is 17.6. The second-order valence-electron chi connectivity index (χ2n) is 9.87. The van der Waals surface area contributed by atoms with Crippen molar-refractivity contribution in [2.45, 2.75) is 33.2 Å². The van der Waals surface area contributed by atoms with Gasteiger partial charge in [0.2, 0.25) is 0 Å². The van der Waals surface area contributed by atoms with Crippen LogP contribution in [-0.2, 0) is 9.59 Å². The van der Waals surface area contributed by atoms with Gasteiger partial charge in [0.25, 0.3) is 11.7 Å². The highest BCUT2D eigenvalue weighted by Crippen LogP contribution is 2.40. The van der Waals surface area contributed by atoms with Crippen LogP contribution in [0.5, 0.6) is 5.75 Å². The Hall–Kier alpha value is -3.65. The summed E-state index contributed by atoms with van der Waals surface area (Å²) in [4.78, 5) is 34.6. The number of amides is 1. The molecular weight excluding hydrogens is 456 g/mol. The summed E-state index contributed by atoms with van der Waals surface area (Å²) in [6, 6.07) is 12.2. The number of carbonyl (C=O) groups is 2. The molecular formula is C28H34N4O4. The fourth-order valence-electron chi connectivity index (χ4n) is 4.48. The molecule has 3 aromatic rings. The molecule has 190 valence electrons. The Kier molecular flexibility index (Phi) is 7.45. The van der Waals surface area contributed by atoms with E-state index in [1.54, 1.807) is 22.4 Å². The minimum absolute atomic E-state index is 0.0619. The van der Waals surface area contributed by atoms with Crippen LogP contribution in [0.2, 0.25) is 0 Å². The number of ether oxygens (including phenoxy) is 1. The molecule has 1 aliphatic rings. The molecule has 1 N–H and O–H groups in total.